The minimum atomic E-state index is -4.62. The van der Waals surface area contributed by atoms with Crippen LogP contribution in [0.25, 0.3) is 0 Å². The molecule has 2 rings (SSSR count). The fraction of sp³-hybridized carbons (Fsp3) is 0.467. The van der Waals surface area contributed by atoms with E-state index in [0.29, 0.717) is 0 Å². The molecule has 0 unspecified atom stereocenters. The van der Waals surface area contributed by atoms with Crippen molar-refractivity contribution in [1.82, 2.24) is 5.32 Å². The average molecular weight is 347 g/mol. The topological polar surface area (TPSA) is 107 Å². The van der Waals surface area contributed by atoms with Gasteiger partial charge in [-0.2, -0.15) is 13.2 Å². The first kappa shape index (κ1) is 18.2. The summed E-state index contributed by atoms with van der Waals surface area (Å²) in [4.78, 5) is 23.0. The van der Waals surface area contributed by atoms with Gasteiger partial charge in [-0.1, -0.05) is 18.2 Å². The van der Waals surface area contributed by atoms with Crippen molar-refractivity contribution >= 4 is 11.9 Å². The Balaban J connectivity index is 2.56. The highest BCUT2D eigenvalue weighted by molar-refractivity contribution is 5.84. The van der Waals surface area contributed by atoms with Gasteiger partial charge in [0.15, 0.2) is 0 Å². The summed E-state index contributed by atoms with van der Waals surface area (Å²) >= 11 is 0. The van der Waals surface area contributed by atoms with Crippen LogP contribution < -0.4 is 5.32 Å². The van der Waals surface area contributed by atoms with Crippen molar-refractivity contribution in [2.75, 3.05) is 6.61 Å². The molecule has 0 bridgehead atoms. The monoisotopic (exact) mass is 347 g/mol. The molecule has 0 aliphatic carbocycles. The number of rotatable bonds is 4. The first-order valence-corrected chi connectivity index (χ1v) is 7.04. The van der Waals surface area contributed by atoms with E-state index in [1.165, 1.54) is 13.0 Å². The third kappa shape index (κ3) is 2.96. The lowest BCUT2D eigenvalue weighted by atomic mass is 9.76. The molecule has 0 aromatic heterocycles. The molecule has 24 heavy (non-hydrogen) atoms. The second-order valence-corrected chi connectivity index (χ2v) is 5.91. The summed E-state index contributed by atoms with van der Waals surface area (Å²) in [6.07, 6.45) is -4.62. The Morgan fingerprint density at radius 3 is 2.38 bits per heavy atom. The van der Waals surface area contributed by atoms with Gasteiger partial charge in [0.25, 0.3) is 0 Å². The van der Waals surface area contributed by atoms with Crippen LogP contribution in [0.3, 0.4) is 0 Å². The third-order valence-corrected chi connectivity index (χ3v) is 4.50. The van der Waals surface area contributed by atoms with Crippen LogP contribution in [0, 0.1) is 5.92 Å². The quantitative estimate of drug-likeness (QED) is 0.654. The summed E-state index contributed by atoms with van der Waals surface area (Å²) in [7, 11) is 0. The van der Waals surface area contributed by atoms with Crippen molar-refractivity contribution in [3.63, 3.8) is 0 Å². The van der Waals surface area contributed by atoms with E-state index in [-0.39, 0.29) is 5.56 Å². The molecule has 1 saturated heterocycles. The molecule has 0 spiro atoms. The van der Waals surface area contributed by atoms with Gasteiger partial charge in [0.2, 0.25) is 0 Å². The Labute approximate surface area is 134 Å². The number of aliphatic hydroxyl groups excluding tert-OH is 1. The molecule has 6 nitrogen and oxygen atoms in total. The molecule has 132 valence electrons. The van der Waals surface area contributed by atoms with Crippen LogP contribution in [0.4, 0.5) is 13.2 Å². The molecule has 1 aliphatic heterocycles. The van der Waals surface area contributed by atoms with Gasteiger partial charge in [-0.05, 0) is 18.6 Å². The molecular weight excluding hydrogens is 331 g/mol. The Bertz CT molecular complexity index is 663. The molecule has 1 aromatic rings. The predicted octanol–water partition coefficient (Wildman–Crippen LogP) is 1.30. The van der Waals surface area contributed by atoms with Crippen molar-refractivity contribution in [2.24, 2.45) is 5.92 Å². The van der Waals surface area contributed by atoms with Crippen molar-refractivity contribution in [2.45, 2.75) is 30.6 Å². The second kappa shape index (κ2) is 6.06. The van der Waals surface area contributed by atoms with Gasteiger partial charge in [-0.3, -0.25) is 14.9 Å². The number of halogens is 3. The number of carboxylic acid groups (broad SMARTS) is 2. The number of hydrogen-bond acceptors (Lipinski definition) is 4. The van der Waals surface area contributed by atoms with E-state index in [1.807, 2.05) is 0 Å². The van der Waals surface area contributed by atoms with Gasteiger partial charge in [-0.15, -0.1) is 0 Å². The molecule has 4 atom stereocenters. The average Bonchev–Trinajstić information content (AvgIpc) is 2.81. The number of nitrogens with one attached hydrogen (secondary N) is 1. The number of aliphatic hydroxyl groups is 1. The molecule has 1 aromatic carbocycles. The Hall–Kier alpha value is -2.13. The highest BCUT2D eigenvalue weighted by Crippen LogP contribution is 2.43. The number of carbonyl (C=O) groups is 2. The van der Waals surface area contributed by atoms with E-state index in [2.05, 4.69) is 5.32 Å². The lowest BCUT2D eigenvalue weighted by Gasteiger charge is -2.28. The minimum Gasteiger partial charge on any atom is -0.480 e. The molecule has 1 aliphatic rings. The standard InChI is InChI=1S/C15H16F3NO5/c1-14(13(23)24)9(6-20)10(11(19-14)12(21)22)7-3-2-4-8(5-7)15(16,17)18/h2-5,9-11,19-20H,6H2,1H3,(H,21,22)(H,23,24)/t9-,10-,11-,14+/m0/s1. The van der Waals surface area contributed by atoms with Gasteiger partial charge in [0.05, 0.1) is 5.56 Å². The molecule has 0 saturated carbocycles. The highest BCUT2D eigenvalue weighted by atomic mass is 19.4. The van der Waals surface area contributed by atoms with E-state index in [1.54, 1.807) is 0 Å². The predicted molar refractivity (Wildman–Crippen MR) is 75.4 cm³/mol. The normalized spacial score (nSPS) is 30.3. The van der Waals surface area contributed by atoms with Crippen molar-refractivity contribution in [1.29, 1.82) is 0 Å². The summed E-state index contributed by atoms with van der Waals surface area (Å²) < 4.78 is 38.7. The molecular formula is C15H16F3NO5. The maximum atomic E-state index is 12.9. The summed E-state index contributed by atoms with van der Waals surface area (Å²) in [6, 6.07) is 2.62. The lowest BCUT2D eigenvalue weighted by Crippen LogP contribution is -2.53. The minimum absolute atomic E-state index is 0.00810. The van der Waals surface area contributed by atoms with E-state index >= 15 is 0 Å². The van der Waals surface area contributed by atoms with Gasteiger partial charge < -0.3 is 15.3 Å². The van der Waals surface area contributed by atoms with Crippen LogP contribution in [-0.4, -0.2) is 45.4 Å². The SMILES string of the molecule is C[C@@]1(C(=O)O)N[C@H](C(=O)O)[C@@H](c2cccc(C(F)(F)F)c2)[C@@H]1CO. The van der Waals surface area contributed by atoms with E-state index in [0.717, 1.165) is 18.2 Å². The molecule has 0 radical (unpaired) electrons. The van der Waals surface area contributed by atoms with E-state index in [4.69, 9.17) is 0 Å². The van der Waals surface area contributed by atoms with Gasteiger partial charge >= 0.3 is 18.1 Å². The van der Waals surface area contributed by atoms with Crippen molar-refractivity contribution in [3.05, 3.63) is 35.4 Å². The molecule has 1 fully saturated rings. The summed E-state index contributed by atoms with van der Waals surface area (Å²) in [6.45, 7) is 0.514. The Kier molecular flexibility index (Phi) is 4.60. The number of aliphatic carboxylic acids is 2. The van der Waals surface area contributed by atoms with Gasteiger partial charge in [0.1, 0.15) is 11.6 Å². The fourth-order valence-electron chi connectivity index (χ4n) is 3.19. The summed E-state index contributed by atoms with van der Waals surface area (Å²) in [5.41, 5.74) is -2.74. The van der Waals surface area contributed by atoms with Crippen LogP contribution in [-0.2, 0) is 15.8 Å². The number of benzene rings is 1. The van der Waals surface area contributed by atoms with Crippen LogP contribution >= 0.6 is 0 Å². The zero-order valence-corrected chi connectivity index (χ0v) is 12.5. The Morgan fingerprint density at radius 1 is 1.29 bits per heavy atom. The second-order valence-electron chi connectivity index (χ2n) is 5.91. The lowest BCUT2D eigenvalue weighted by molar-refractivity contribution is -0.146. The maximum absolute atomic E-state index is 12.9. The van der Waals surface area contributed by atoms with E-state index in [9.17, 15) is 38.1 Å². The van der Waals surface area contributed by atoms with Crippen LogP contribution in [0.1, 0.15) is 24.0 Å². The first-order chi connectivity index (χ1) is 11.0. The molecule has 1 heterocycles. The largest absolute Gasteiger partial charge is 0.480 e. The Morgan fingerprint density at radius 2 is 1.92 bits per heavy atom. The summed E-state index contributed by atoms with van der Waals surface area (Å²) in [5, 5.41) is 30.7. The van der Waals surface area contributed by atoms with E-state index < -0.39 is 53.7 Å². The highest BCUT2D eigenvalue weighted by Gasteiger charge is 2.57. The third-order valence-electron chi connectivity index (χ3n) is 4.50. The first-order valence-electron chi connectivity index (χ1n) is 7.04. The van der Waals surface area contributed by atoms with Crippen molar-refractivity contribution < 1.29 is 38.1 Å². The molecule has 0 amide bonds. The zero-order chi connectivity index (χ0) is 18.3. The van der Waals surface area contributed by atoms with Gasteiger partial charge in [-0.25, -0.2) is 0 Å². The van der Waals surface area contributed by atoms with Crippen LogP contribution in [0.2, 0.25) is 0 Å². The number of hydrogen-bond donors (Lipinski definition) is 4. The fourth-order valence-corrected chi connectivity index (χ4v) is 3.19. The number of carboxylic acids is 2. The molecule has 9 heteroatoms. The zero-order valence-electron chi connectivity index (χ0n) is 12.5. The van der Waals surface area contributed by atoms with Gasteiger partial charge in [0, 0.05) is 18.4 Å². The maximum Gasteiger partial charge on any atom is 0.416 e. The van der Waals surface area contributed by atoms with Crippen LogP contribution in [0.15, 0.2) is 24.3 Å². The van der Waals surface area contributed by atoms with Crippen LogP contribution in [0.5, 0.6) is 0 Å². The van der Waals surface area contributed by atoms with Crippen molar-refractivity contribution in [3.8, 4) is 0 Å². The summed E-state index contributed by atoms with van der Waals surface area (Å²) in [5.74, 6) is -5.03. The molecule has 4 N–H and O–H groups in total. The smallest absolute Gasteiger partial charge is 0.416 e. The number of alkyl halides is 3.